The lowest BCUT2D eigenvalue weighted by Gasteiger charge is -2.31. The number of nitrogens with two attached hydrogens (primary N) is 1. The normalized spacial score (nSPS) is 21.8. The molecule has 0 heterocycles. The summed E-state index contributed by atoms with van der Waals surface area (Å²) in [6.45, 7) is 2.16. The lowest BCUT2D eigenvalue weighted by atomic mass is 9.74. The summed E-state index contributed by atoms with van der Waals surface area (Å²) in [6.07, 6.45) is 3.50. The molecule has 0 bridgehead atoms. The van der Waals surface area contributed by atoms with Crippen molar-refractivity contribution >= 4 is 0 Å². The van der Waals surface area contributed by atoms with Gasteiger partial charge in [0.25, 0.3) is 0 Å². The topological polar surface area (TPSA) is 26.0 Å². The minimum Gasteiger partial charge on any atom is -0.328 e. The zero-order chi connectivity index (χ0) is 9.26. The molecule has 0 spiro atoms. The molecule has 2 rings (SSSR count). The van der Waals surface area contributed by atoms with Crippen LogP contribution in [0, 0.1) is 0 Å². The van der Waals surface area contributed by atoms with Gasteiger partial charge in [0.1, 0.15) is 0 Å². The third-order valence-electron chi connectivity index (χ3n) is 3.07. The number of benzene rings is 1. The van der Waals surface area contributed by atoms with Crippen molar-refractivity contribution in [1.29, 1.82) is 0 Å². The van der Waals surface area contributed by atoms with E-state index >= 15 is 0 Å². The van der Waals surface area contributed by atoms with Gasteiger partial charge in [0.2, 0.25) is 0 Å². The molecule has 1 aromatic rings. The Bertz CT molecular complexity index is 293. The molecule has 1 heteroatoms. The predicted molar refractivity (Wildman–Crippen MR) is 55.8 cm³/mol. The Balaban J connectivity index is 2.01. The molecule has 0 aliphatic heterocycles. The van der Waals surface area contributed by atoms with Gasteiger partial charge in [0, 0.05) is 6.04 Å². The highest BCUT2D eigenvalue weighted by molar-refractivity contribution is 5.39. The van der Waals surface area contributed by atoms with Crippen molar-refractivity contribution in [2.75, 3.05) is 0 Å². The lowest BCUT2D eigenvalue weighted by Crippen LogP contribution is -2.27. The third kappa shape index (κ3) is 1.61. The smallest absolute Gasteiger partial charge is 0.00421 e. The highest BCUT2D eigenvalue weighted by Crippen LogP contribution is 2.37. The second-order valence-corrected chi connectivity index (χ2v) is 4.00. The summed E-state index contributed by atoms with van der Waals surface area (Å²) in [6, 6.07) is 9.10. The van der Waals surface area contributed by atoms with E-state index in [2.05, 4.69) is 31.2 Å². The zero-order valence-electron chi connectivity index (χ0n) is 8.16. The van der Waals surface area contributed by atoms with Crippen molar-refractivity contribution in [3.8, 4) is 0 Å². The van der Waals surface area contributed by atoms with E-state index in [1.54, 1.807) is 0 Å². The van der Waals surface area contributed by atoms with Gasteiger partial charge < -0.3 is 5.73 Å². The van der Waals surface area contributed by atoms with Gasteiger partial charge in [-0.25, -0.2) is 0 Å². The molecule has 0 aromatic heterocycles. The number of fused-ring (bicyclic) bond motifs is 1. The summed E-state index contributed by atoms with van der Waals surface area (Å²) < 4.78 is 0. The lowest BCUT2D eigenvalue weighted by molar-refractivity contribution is 0.478. The van der Waals surface area contributed by atoms with Crippen LogP contribution in [0.1, 0.15) is 36.8 Å². The largest absolute Gasteiger partial charge is 0.328 e. The molecule has 1 nitrogen and oxygen atoms in total. The Morgan fingerprint density at radius 1 is 1.46 bits per heavy atom. The molecule has 70 valence electrons. The van der Waals surface area contributed by atoms with Crippen LogP contribution in [0.3, 0.4) is 0 Å². The van der Waals surface area contributed by atoms with E-state index in [0.29, 0.717) is 6.04 Å². The molecule has 0 saturated heterocycles. The summed E-state index contributed by atoms with van der Waals surface area (Å²) in [5.74, 6) is 0.742. The van der Waals surface area contributed by atoms with Gasteiger partial charge in [-0.15, -0.1) is 0 Å². The van der Waals surface area contributed by atoms with Crippen LogP contribution in [0.4, 0.5) is 0 Å². The summed E-state index contributed by atoms with van der Waals surface area (Å²) >= 11 is 0. The van der Waals surface area contributed by atoms with Crippen LogP contribution in [0.15, 0.2) is 24.3 Å². The Morgan fingerprint density at radius 3 is 2.92 bits per heavy atom. The SMILES string of the molecule is CCC(N)CC1Cc2ccccc21. The van der Waals surface area contributed by atoms with E-state index in [0.717, 1.165) is 18.8 Å². The summed E-state index contributed by atoms with van der Waals surface area (Å²) in [7, 11) is 0. The molecule has 1 aliphatic carbocycles. The van der Waals surface area contributed by atoms with Crippen LogP contribution in [-0.2, 0) is 6.42 Å². The number of rotatable bonds is 3. The van der Waals surface area contributed by atoms with Gasteiger partial charge in [-0.05, 0) is 36.3 Å². The Hall–Kier alpha value is -0.820. The molecule has 1 aromatic carbocycles. The van der Waals surface area contributed by atoms with Crippen molar-refractivity contribution in [3.63, 3.8) is 0 Å². The third-order valence-corrected chi connectivity index (χ3v) is 3.07. The van der Waals surface area contributed by atoms with Crippen molar-refractivity contribution < 1.29 is 0 Å². The standard InChI is InChI=1S/C12H17N/c1-2-11(13)8-10-7-9-5-3-4-6-12(9)10/h3-6,10-11H,2,7-8,13H2,1H3. The second kappa shape index (κ2) is 3.51. The maximum Gasteiger partial charge on any atom is 0.00421 e. The Morgan fingerprint density at radius 2 is 2.23 bits per heavy atom. The Labute approximate surface area is 80.0 Å². The first-order valence-electron chi connectivity index (χ1n) is 5.14. The molecule has 0 amide bonds. The molecule has 2 unspecified atom stereocenters. The van der Waals surface area contributed by atoms with Crippen LogP contribution in [0.25, 0.3) is 0 Å². The average molecular weight is 175 g/mol. The van der Waals surface area contributed by atoms with Crippen LogP contribution in [0.2, 0.25) is 0 Å². The molecule has 0 radical (unpaired) electrons. The van der Waals surface area contributed by atoms with E-state index in [-0.39, 0.29) is 0 Å². The van der Waals surface area contributed by atoms with E-state index in [1.165, 1.54) is 17.5 Å². The van der Waals surface area contributed by atoms with Crippen LogP contribution < -0.4 is 5.73 Å². The molecule has 0 fully saturated rings. The van der Waals surface area contributed by atoms with E-state index in [4.69, 9.17) is 5.73 Å². The summed E-state index contributed by atoms with van der Waals surface area (Å²) in [5, 5.41) is 0. The van der Waals surface area contributed by atoms with Gasteiger partial charge in [-0.2, -0.15) is 0 Å². The van der Waals surface area contributed by atoms with Gasteiger partial charge in [0.15, 0.2) is 0 Å². The number of hydrogen-bond acceptors (Lipinski definition) is 1. The van der Waals surface area contributed by atoms with Crippen LogP contribution in [0.5, 0.6) is 0 Å². The van der Waals surface area contributed by atoms with E-state index in [1.807, 2.05) is 0 Å². The fraction of sp³-hybridized carbons (Fsp3) is 0.500. The maximum atomic E-state index is 5.94. The van der Waals surface area contributed by atoms with Crippen LogP contribution in [-0.4, -0.2) is 6.04 Å². The summed E-state index contributed by atoms with van der Waals surface area (Å²) in [5.41, 5.74) is 9.00. The zero-order valence-corrected chi connectivity index (χ0v) is 8.16. The fourth-order valence-corrected chi connectivity index (χ4v) is 2.11. The first-order chi connectivity index (χ1) is 6.31. The first-order valence-corrected chi connectivity index (χ1v) is 5.14. The highest BCUT2D eigenvalue weighted by atomic mass is 14.6. The molecule has 1 aliphatic rings. The van der Waals surface area contributed by atoms with Gasteiger partial charge in [0.05, 0.1) is 0 Å². The molecule has 2 N–H and O–H groups in total. The van der Waals surface area contributed by atoms with Gasteiger partial charge >= 0.3 is 0 Å². The second-order valence-electron chi connectivity index (χ2n) is 4.00. The molecule has 0 saturated carbocycles. The highest BCUT2D eigenvalue weighted by Gasteiger charge is 2.26. The minimum absolute atomic E-state index is 0.387. The molecule has 13 heavy (non-hydrogen) atoms. The van der Waals surface area contributed by atoms with Crippen LogP contribution >= 0.6 is 0 Å². The van der Waals surface area contributed by atoms with Crippen molar-refractivity contribution in [3.05, 3.63) is 35.4 Å². The number of hydrogen-bond donors (Lipinski definition) is 1. The van der Waals surface area contributed by atoms with Crippen molar-refractivity contribution in [2.24, 2.45) is 5.73 Å². The maximum absolute atomic E-state index is 5.94. The average Bonchev–Trinajstić information content (AvgIpc) is 2.14. The van der Waals surface area contributed by atoms with Gasteiger partial charge in [-0.1, -0.05) is 31.2 Å². The minimum atomic E-state index is 0.387. The quantitative estimate of drug-likeness (QED) is 0.750. The monoisotopic (exact) mass is 175 g/mol. The summed E-state index contributed by atoms with van der Waals surface area (Å²) in [4.78, 5) is 0. The Kier molecular flexibility index (Phi) is 2.36. The molecular weight excluding hydrogens is 158 g/mol. The van der Waals surface area contributed by atoms with Crippen molar-refractivity contribution in [2.45, 2.75) is 38.1 Å². The van der Waals surface area contributed by atoms with E-state index in [9.17, 15) is 0 Å². The van der Waals surface area contributed by atoms with E-state index < -0.39 is 0 Å². The molecule has 2 atom stereocenters. The first kappa shape index (κ1) is 8.76. The predicted octanol–water partition coefficient (Wildman–Crippen LogP) is 2.45. The fourth-order valence-electron chi connectivity index (χ4n) is 2.11. The van der Waals surface area contributed by atoms with Crippen molar-refractivity contribution in [1.82, 2.24) is 0 Å². The molecular formula is C12H17N. The van der Waals surface area contributed by atoms with Gasteiger partial charge in [-0.3, -0.25) is 0 Å².